The fourth-order valence-corrected chi connectivity index (χ4v) is 2.81. The number of benzene rings is 3. The molecular formula is C24H20N2O5. The van der Waals surface area contributed by atoms with E-state index in [9.17, 15) is 19.2 Å². The summed E-state index contributed by atoms with van der Waals surface area (Å²) in [7, 11) is 0. The number of esters is 1. The molecule has 0 bridgehead atoms. The SMILES string of the molecule is Cc1cccc(NC(=O)c2ccccc2NC(=O)COC(=O)c2ccc(C=O)cc2)c1. The lowest BCUT2D eigenvalue weighted by Gasteiger charge is -2.12. The smallest absolute Gasteiger partial charge is 0.338 e. The van der Waals surface area contributed by atoms with Gasteiger partial charge in [-0.2, -0.15) is 0 Å². The van der Waals surface area contributed by atoms with Crippen molar-refractivity contribution in [2.24, 2.45) is 0 Å². The Balaban J connectivity index is 1.61. The summed E-state index contributed by atoms with van der Waals surface area (Å²) in [5, 5.41) is 5.38. The van der Waals surface area contributed by atoms with Crippen LogP contribution in [0.5, 0.6) is 0 Å². The highest BCUT2D eigenvalue weighted by molar-refractivity contribution is 6.10. The van der Waals surface area contributed by atoms with E-state index in [0.717, 1.165) is 5.56 Å². The summed E-state index contributed by atoms with van der Waals surface area (Å²) in [4.78, 5) is 47.6. The van der Waals surface area contributed by atoms with Crippen LogP contribution in [0.25, 0.3) is 0 Å². The zero-order chi connectivity index (χ0) is 22.2. The molecule has 7 nitrogen and oxygen atoms in total. The summed E-state index contributed by atoms with van der Waals surface area (Å²) < 4.78 is 5.00. The van der Waals surface area contributed by atoms with Gasteiger partial charge in [-0.1, -0.05) is 36.4 Å². The van der Waals surface area contributed by atoms with Gasteiger partial charge in [0.15, 0.2) is 6.61 Å². The second-order valence-corrected chi connectivity index (χ2v) is 6.73. The van der Waals surface area contributed by atoms with Crippen LogP contribution < -0.4 is 10.6 Å². The lowest BCUT2D eigenvalue weighted by molar-refractivity contribution is -0.119. The van der Waals surface area contributed by atoms with Gasteiger partial charge >= 0.3 is 5.97 Å². The van der Waals surface area contributed by atoms with Gasteiger partial charge in [0.25, 0.3) is 11.8 Å². The molecule has 0 fully saturated rings. The summed E-state index contributed by atoms with van der Waals surface area (Å²) in [5.74, 6) is -1.67. The van der Waals surface area contributed by atoms with E-state index in [1.807, 2.05) is 25.1 Å². The number of carbonyl (C=O) groups excluding carboxylic acids is 4. The molecule has 0 unspecified atom stereocenters. The van der Waals surface area contributed by atoms with Gasteiger partial charge < -0.3 is 15.4 Å². The zero-order valence-electron chi connectivity index (χ0n) is 16.8. The fourth-order valence-electron chi connectivity index (χ4n) is 2.81. The number of carbonyl (C=O) groups is 4. The molecule has 3 aromatic carbocycles. The van der Waals surface area contributed by atoms with Crippen molar-refractivity contribution in [1.82, 2.24) is 0 Å². The van der Waals surface area contributed by atoms with Gasteiger partial charge in [0.2, 0.25) is 0 Å². The minimum Gasteiger partial charge on any atom is -0.452 e. The first-order chi connectivity index (χ1) is 15.0. The lowest BCUT2D eigenvalue weighted by Crippen LogP contribution is -2.23. The molecule has 3 aromatic rings. The molecular weight excluding hydrogens is 396 g/mol. The van der Waals surface area contributed by atoms with Gasteiger partial charge in [0.1, 0.15) is 6.29 Å². The average Bonchev–Trinajstić information content (AvgIpc) is 2.78. The molecule has 0 saturated carbocycles. The first kappa shape index (κ1) is 21.4. The van der Waals surface area contributed by atoms with E-state index in [2.05, 4.69) is 10.6 Å². The molecule has 0 aliphatic carbocycles. The van der Waals surface area contributed by atoms with Crippen molar-refractivity contribution in [2.75, 3.05) is 17.2 Å². The molecule has 0 aromatic heterocycles. The second kappa shape index (κ2) is 9.98. The normalized spacial score (nSPS) is 10.1. The summed E-state index contributed by atoms with van der Waals surface area (Å²) in [6, 6.07) is 19.7. The number of hydrogen-bond acceptors (Lipinski definition) is 5. The largest absolute Gasteiger partial charge is 0.452 e. The number of aldehydes is 1. The predicted molar refractivity (Wildman–Crippen MR) is 116 cm³/mol. The zero-order valence-corrected chi connectivity index (χ0v) is 16.8. The molecule has 156 valence electrons. The van der Waals surface area contributed by atoms with Gasteiger partial charge in [0, 0.05) is 11.3 Å². The average molecular weight is 416 g/mol. The molecule has 3 rings (SSSR count). The van der Waals surface area contributed by atoms with Crippen molar-refractivity contribution in [3.05, 3.63) is 95.1 Å². The summed E-state index contributed by atoms with van der Waals surface area (Å²) in [6.45, 7) is 1.39. The number of hydrogen-bond donors (Lipinski definition) is 2. The Morgan fingerprint density at radius 1 is 0.903 bits per heavy atom. The van der Waals surface area contributed by atoms with E-state index in [1.54, 1.807) is 30.3 Å². The van der Waals surface area contributed by atoms with Crippen LogP contribution in [0.3, 0.4) is 0 Å². The third-order valence-corrected chi connectivity index (χ3v) is 4.34. The highest BCUT2D eigenvalue weighted by Gasteiger charge is 2.15. The summed E-state index contributed by atoms with van der Waals surface area (Å²) in [5.41, 5.74) is 2.85. The van der Waals surface area contributed by atoms with Crippen molar-refractivity contribution in [3.63, 3.8) is 0 Å². The van der Waals surface area contributed by atoms with Gasteiger partial charge in [-0.3, -0.25) is 14.4 Å². The van der Waals surface area contributed by atoms with Crippen LogP contribution in [0.2, 0.25) is 0 Å². The van der Waals surface area contributed by atoms with Gasteiger partial charge in [-0.05, 0) is 48.9 Å². The van der Waals surface area contributed by atoms with Crippen LogP contribution in [-0.2, 0) is 9.53 Å². The lowest BCUT2D eigenvalue weighted by atomic mass is 10.1. The van der Waals surface area contributed by atoms with Crippen LogP contribution in [-0.4, -0.2) is 30.7 Å². The molecule has 0 atom stereocenters. The Morgan fingerprint density at radius 2 is 1.65 bits per heavy atom. The Kier molecular flexibility index (Phi) is 6.90. The van der Waals surface area contributed by atoms with Crippen LogP contribution >= 0.6 is 0 Å². The van der Waals surface area contributed by atoms with E-state index in [0.29, 0.717) is 23.2 Å². The quantitative estimate of drug-likeness (QED) is 0.450. The second-order valence-electron chi connectivity index (χ2n) is 6.73. The molecule has 0 heterocycles. The Morgan fingerprint density at radius 3 is 2.35 bits per heavy atom. The molecule has 0 saturated heterocycles. The van der Waals surface area contributed by atoms with Gasteiger partial charge in [0.05, 0.1) is 16.8 Å². The number of anilines is 2. The standard InChI is InChI=1S/C24H20N2O5/c1-16-5-4-6-19(13-16)25-23(29)20-7-2-3-8-21(20)26-22(28)15-31-24(30)18-11-9-17(14-27)10-12-18/h2-14H,15H2,1H3,(H,25,29)(H,26,28). The third-order valence-electron chi connectivity index (χ3n) is 4.34. The number of amides is 2. The monoisotopic (exact) mass is 416 g/mol. The maximum Gasteiger partial charge on any atom is 0.338 e. The number of para-hydroxylation sites is 1. The van der Waals surface area contributed by atoms with E-state index in [4.69, 9.17) is 4.74 Å². The first-order valence-electron chi connectivity index (χ1n) is 9.45. The maximum absolute atomic E-state index is 12.7. The Bertz CT molecular complexity index is 1120. The molecule has 2 amide bonds. The van der Waals surface area contributed by atoms with Gasteiger partial charge in [-0.15, -0.1) is 0 Å². The van der Waals surface area contributed by atoms with Gasteiger partial charge in [-0.25, -0.2) is 4.79 Å². The van der Waals surface area contributed by atoms with E-state index in [-0.39, 0.29) is 17.0 Å². The van der Waals surface area contributed by atoms with E-state index < -0.39 is 18.5 Å². The van der Waals surface area contributed by atoms with Crippen molar-refractivity contribution in [1.29, 1.82) is 0 Å². The fraction of sp³-hybridized carbons (Fsp3) is 0.0833. The van der Waals surface area contributed by atoms with E-state index in [1.165, 1.54) is 24.3 Å². The number of nitrogens with one attached hydrogen (secondary N) is 2. The van der Waals surface area contributed by atoms with Crippen molar-refractivity contribution < 1.29 is 23.9 Å². The van der Waals surface area contributed by atoms with Crippen molar-refractivity contribution >= 4 is 35.4 Å². The van der Waals surface area contributed by atoms with Crippen LogP contribution in [0.1, 0.15) is 36.6 Å². The minimum atomic E-state index is -0.696. The van der Waals surface area contributed by atoms with Crippen molar-refractivity contribution in [3.8, 4) is 0 Å². The molecule has 31 heavy (non-hydrogen) atoms. The molecule has 0 radical (unpaired) electrons. The maximum atomic E-state index is 12.7. The molecule has 0 spiro atoms. The van der Waals surface area contributed by atoms with Crippen LogP contribution in [0.15, 0.2) is 72.8 Å². The number of aryl methyl sites for hydroxylation is 1. The Hall–Kier alpha value is -4.26. The van der Waals surface area contributed by atoms with E-state index >= 15 is 0 Å². The highest BCUT2D eigenvalue weighted by Crippen LogP contribution is 2.18. The predicted octanol–water partition coefficient (Wildman–Crippen LogP) is 3.86. The molecule has 2 N–H and O–H groups in total. The van der Waals surface area contributed by atoms with Crippen molar-refractivity contribution in [2.45, 2.75) is 6.92 Å². The molecule has 7 heteroatoms. The Labute approximate surface area is 179 Å². The topological polar surface area (TPSA) is 102 Å². The number of ether oxygens (including phenoxy) is 1. The third kappa shape index (κ3) is 5.86. The summed E-state index contributed by atoms with van der Waals surface area (Å²) >= 11 is 0. The first-order valence-corrected chi connectivity index (χ1v) is 9.45. The molecule has 0 aliphatic rings. The highest BCUT2D eigenvalue weighted by atomic mass is 16.5. The summed E-state index contributed by atoms with van der Waals surface area (Å²) in [6.07, 6.45) is 0.662. The number of rotatable bonds is 7. The minimum absolute atomic E-state index is 0.219. The molecule has 0 aliphatic heterocycles. The van der Waals surface area contributed by atoms with Crippen LogP contribution in [0, 0.1) is 6.92 Å². The van der Waals surface area contributed by atoms with Crippen LogP contribution in [0.4, 0.5) is 11.4 Å².